The molecule has 1 aliphatic rings. The van der Waals surface area contributed by atoms with Crippen LogP contribution >= 0.6 is 0 Å². The van der Waals surface area contributed by atoms with E-state index in [-0.39, 0.29) is 5.60 Å². The van der Waals surface area contributed by atoms with Gasteiger partial charge in [-0.2, -0.15) is 0 Å². The highest BCUT2D eigenvalue weighted by Crippen LogP contribution is 2.09. The van der Waals surface area contributed by atoms with Crippen LogP contribution < -0.4 is 0 Å². The van der Waals surface area contributed by atoms with Crippen molar-refractivity contribution in [3.8, 4) is 0 Å². The number of ether oxygens (including phenoxy) is 1. The fourth-order valence-electron chi connectivity index (χ4n) is 2.44. The van der Waals surface area contributed by atoms with Gasteiger partial charge < -0.3 is 9.64 Å². The van der Waals surface area contributed by atoms with E-state index in [2.05, 4.69) is 44.4 Å². The zero-order valence-corrected chi connectivity index (χ0v) is 13.7. The first-order valence-corrected chi connectivity index (χ1v) is 7.95. The second-order valence-corrected chi connectivity index (χ2v) is 7.18. The third-order valence-corrected chi connectivity index (χ3v) is 3.66. The van der Waals surface area contributed by atoms with Crippen LogP contribution in [0.15, 0.2) is 0 Å². The maximum absolute atomic E-state index is 5.79. The molecule has 1 rings (SSSR count). The third kappa shape index (κ3) is 8.61. The molecule has 0 amide bonds. The molecular formula is C16H34N2O. The van der Waals surface area contributed by atoms with Crippen molar-refractivity contribution in [2.75, 3.05) is 45.9 Å². The summed E-state index contributed by atoms with van der Waals surface area (Å²) in [5.74, 6) is 0.843. The van der Waals surface area contributed by atoms with E-state index in [1.807, 2.05) is 0 Å². The second-order valence-electron chi connectivity index (χ2n) is 7.18. The summed E-state index contributed by atoms with van der Waals surface area (Å²) >= 11 is 0. The smallest absolute Gasteiger partial charge is 0.0600 e. The lowest BCUT2D eigenvalue weighted by Gasteiger charge is -2.35. The van der Waals surface area contributed by atoms with Gasteiger partial charge in [-0.15, -0.1) is 0 Å². The van der Waals surface area contributed by atoms with Gasteiger partial charge in [-0.05, 0) is 46.1 Å². The molecule has 0 atom stereocenters. The molecule has 0 aromatic carbocycles. The minimum Gasteiger partial charge on any atom is -0.375 e. The molecule has 0 unspecified atom stereocenters. The molecule has 19 heavy (non-hydrogen) atoms. The Morgan fingerprint density at radius 3 is 1.95 bits per heavy atom. The van der Waals surface area contributed by atoms with Crippen molar-refractivity contribution in [2.45, 2.75) is 53.1 Å². The van der Waals surface area contributed by atoms with Gasteiger partial charge in [0.25, 0.3) is 0 Å². The Hall–Kier alpha value is -0.120. The van der Waals surface area contributed by atoms with Crippen LogP contribution in [-0.2, 0) is 4.74 Å². The van der Waals surface area contributed by atoms with Crippen molar-refractivity contribution in [1.29, 1.82) is 0 Å². The molecule has 0 radical (unpaired) electrons. The van der Waals surface area contributed by atoms with Crippen LogP contribution in [0.1, 0.15) is 47.5 Å². The van der Waals surface area contributed by atoms with Crippen LogP contribution in [0.4, 0.5) is 0 Å². The summed E-state index contributed by atoms with van der Waals surface area (Å²) in [7, 11) is 0. The van der Waals surface area contributed by atoms with Crippen LogP contribution in [0.25, 0.3) is 0 Å². The van der Waals surface area contributed by atoms with Gasteiger partial charge in [0.05, 0.1) is 12.2 Å². The molecule has 1 heterocycles. The highest BCUT2D eigenvalue weighted by Gasteiger charge is 2.17. The van der Waals surface area contributed by atoms with E-state index in [9.17, 15) is 0 Å². The lowest BCUT2D eigenvalue weighted by Crippen LogP contribution is -2.47. The normalized spacial score (nSPS) is 19.3. The Kier molecular flexibility index (Phi) is 7.33. The average Bonchev–Trinajstić information content (AvgIpc) is 2.29. The van der Waals surface area contributed by atoms with Crippen molar-refractivity contribution in [2.24, 2.45) is 5.92 Å². The Balaban J connectivity index is 2.05. The molecule has 1 aliphatic heterocycles. The largest absolute Gasteiger partial charge is 0.375 e. The molecule has 0 aromatic rings. The first-order chi connectivity index (χ1) is 8.87. The zero-order chi connectivity index (χ0) is 14.3. The van der Waals surface area contributed by atoms with Crippen molar-refractivity contribution < 1.29 is 4.74 Å². The number of rotatable bonds is 7. The van der Waals surface area contributed by atoms with Gasteiger partial charge in [0, 0.05) is 32.7 Å². The number of nitrogens with zero attached hydrogens (tertiary/aromatic N) is 2. The third-order valence-electron chi connectivity index (χ3n) is 3.66. The fourth-order valence-corrected chi connectivity index (χ4v) is 2.44. The minimum atomic E-state index is -0.00132. The molecule has 0 N–H and O–H groups in total. The lowest BCUT2D eigenvalue weighted by molar-refractivity contribution is -0.0178. The molecule has 1 fully saturated rings. The quantitative estimate of drug-likeness (QED) is 0.707. The van der Waals surface area contributed by atoms with Gasteiger partial charge >= 0.3 is 0 Å². The molecule has 0 aromatic heterocycles. The molecule has 0 spiro atoms. The molecule has 3 nitrogen and oxygen atoms in total. The molecular weight excluding hydrogens is 236 g/mol. The van der Waals surface area contributed by atoms with Crippen molar-refractivity contribution in [1.82, 2.24) is 9.80 Å². The Bertz CT molecular complexity index is 227. The van der Waals surface area contributed by atoms with Crippen molar-refractivity contribution in [3.63, 3.8) is 0 Å². The summed E-state index contributed by atoms with van der Waals surface area (Å²) in [5.41, 5.74) is -0.00132. The van der Waals surface area contributed by atoms with Crippen LogP contribution in [0.3, 0.4) is 0 Å². The van der Waals surface area contributed by atoms with Gasteiger partial charge in [-0.1, -0.05) is 13.8 Å². The van der Waals surface area contributed by atoms with E-state index < -0.39 is 0 Å². The monoisotopic (exact) mass is 270 g/mol. The van der Waals surface area contributed by atoms with E-state index in [0.717, 1.165) is 19.1 Å². The molecule has 1 saturated heterocycles. The number of hydrogen-bond donors (Lipinski definition) is 0. The van der Waals surface area contributed by atoms with E-state index in [0.29, 0.717) is 0 Å². The summed E-state index contributed by atoms with van der Waals surface area (Å²) in [5, 5.41) is 0. The van der Waals surface area contributed by atoms with Crippen LogP contribution in [0.2, 0.25) is 0 Å². The van der Waals surface area contributed by atoms with Crippen molar-refractivity contribution >= 4 is 0 Å². The Morgan fingerprint density at radius 2 is 1.47 bits per heavy atom. The summed E-state index contributed by atoms with van der Waals surface area (Å²) in [6, 6.07) is 0. The SMILES string of the molecule is CC(C)CCCN1CCN(CCOC(C)(C)C)CC1. The highest BCUT2D eigenvalue weighted by molar-refractivity contribution is 4.72. The number of piperazine rings is 1. The topological polar surface area (TPSA) is 15.7 Å². The average molecular weight is 270 g/mol. The number of hydrogen-bond acceptors (Lipinski definition) is 3. The Morgan fingerprint density at radius 1 is 0.947 bits per heavy atom. The van der Waals surface area contributed by atoms with Gasteiger partial charge in [0.15, 0.2) is 0 Å². The van der Waals surface area contributed by atoms with Crippen LogP contribution in [0.5, 0.6) is 0 Å². The standard InChI is InChI=1S/C16H34N2O/c1-15(2)7-6-8-17-9-11-18(12-10-17)13-14-19-16(3,4)5/h15H,6-14H2,1-5H3. The molecule has 0 bridgehead atoms. The van der Waals surface area contributed by atoms with Crippen LogP contribution in [-0.4, -0.2) is 61.3 Å². The van der Waals surface area contributed by atoms with Crippen LogP contribution in [0, 0.1) is 5.92 Å². The molecule has 3 heteroatoms. The maximum Gasteiger partial charge on any atom is 0.0600 e. The van der Waals surface area contributed by atoms with Gasteiger partial charge in [-0.25, -0.2) is 0 Å². The minimum absolute atomic E-state index is 0.00132. The molecule has 0 saturated carbocycles. The Labute approximate surface area is 120 Å². The zero-order valence-electron chi connectivity index (χ0n) is 13.7. The highest BCUT2D eigenvalue weighted by atomic mass is 16.5. The molecule has 0 aliphatic carbocycles. The lowest BCUT2D eigenvalue weighted by atomic mass is 10.1. The predicted molar refractivity (Wildman–Crippen MR) is 82.7 cm³/mol. The van der Waals surface area contributed by atoms with Crippen molar-refractivity contribution in [3.05, 3.63) is 0 Å². The predicted octanol–water partition coefficient (Wildman–Crippen LogP) is 2.86. The summed E-state index contributed by atoms with van der Waals surface area (Å²) < 4.78 is 5.79. The van der Waals surface area contributed by atoms with Gasteiger partial charge in [0.1, 0.15) is 0 Å². The fraction of sp³-hybridized carbons (Fsp3) is 1.00. The van der Waals surface area contributed by atoms with E-state index >= 15 is 0 Å². The maximum atomic E-state index is 5.79. The summed E-state index contributed by atoms with van der Waals surface area (Å²) in [4.78, 5) is 5.15. The van der Waals surface area contributed by atoms with E-state index in [1.165, 1.54) is 45.6 Å². The first-order valence-electron chi connectivity index (χ1n) is 7.95. The summed E-state index contributed by atoms with van der Waals surface area (Å²) in [6.45, 7) is 19.1. The second kappa shape index (κ2) is 8.23. The van der Waals surface area contributed by atoms with E-state index in [4.69, 9.17) is 4.74 Å². The summed E-state index contributed by atoms with van der Waals surface area (Å²) in [6.07, 6.45) is 2.71. The molecule has 114 valence electrons. The van der Waals surface area contributed by atoms with E-state index in [1.54, 1.807) is 0 Å². The first kappa shape index (κ1) is 16.9. The van der Waals surface area contributed by atoms with Gasteiger partial charge in [-0.3, -0.25) is 4.90 Å². The van der Waals surface area contributed by atoms with Gasteiger partial charge in [0.2, 0.25) is 0 Å².